The zero-order valence-corrected chi connectivity index (χ0v) is 11.9. The van der Waals surface area contributed by atoms with Crippen molar-refractivity contribution in [1.29, 1.82) is 0 Å². The van der Waals surface area contributed by atoms with Gasteiger partial charge >= 0.3 is 0 Å². The van der Waals surface area contributed by atoms with Gasteiger partial charge in [0, 0.05) is 12.6 Å². The minimum atomic E-state index is -0.525. The molecule has 1 saturated heterocycles. The minimum Gasteiger partial charge on any atom is -0.369 e. The Kier molecular flexibility index (Phi) is 3.61. The lowest BCUT2D eigenvalue weighted by molar-refractivity contribution is -0.126. The molecule has 100 valence electrons. The Balaban J connectivity index is 2.62. The molecule has 0 aromatic rings. The average molecular weight is 242 g/mol. The van der Waals surface area contributed by atoms with Gasteiger partial charge in [-0.3, -0.25) is 4.79 Å². The van der Waals surface area contributed by atoms with Gasteiger partial charge in [0.15, 0.2) is 0 Å². The molecule has 1 rings (SSSR count). The predicted octanol–water partition coefficient (Wildman–Crippen LogP) is 1.43. The second-order valence-electron chi connectivity index (χ2n) is 6.85. The van der Waals surface area contributed by atoms with E-state index in [9.17, 15) is 4.79 Å². The number of hydrogen-bond acceptors (Lipinski definition) is 3. The van der Waals surface area contributed by atoms with Crippen LogP contribution in [0.3, 0.4) is 0 Å². The normalized spacial score (nSPS) is 27.1. The highest BCUT2D eigenvalue weighted by atomic mass is 16.5. The van der Waals surface area contributed by atoms with Crippen LogP contribution in [-0.4, -0.2) is 29.7 Å². The maximum atomic E-state index is 11.3. The van der Waals surface area contributed by atoms with E-state index in [-0.39, 0.29) is 23.2 Å². The first kappa shape index (κ1) is 14.5. The molecule has 1 aliphatic rings. The van der Waals surface area contributed by atoms with Crippen LogP contribution in [0, 0.1) is 5.41 Å². The molecule has 4 nitrogen and oxygen atoms in total. The zero-order chi connectivity index (χ0) is 13.5. The van der Waals surface area contributed by atoms with Crippen LogP contribution in [-0.2, 0) is 9.53 Å². The quantitative estimate of drug-likeness (QED) is 0.784. The van der Waals surface area contributed by atoms with Crippen molar-refractivity contribution in [3.63, 3.8) is 0 Å². The summed E-state index contributed by atoms with van der Waals surface area (Å²) in [4.78, 5) is 11.3. The molecule has 1 fully saturated rings. The maximum Gasteiger partial charge on any atom is 0.224 e. The standard InChI is InChI=1S/C13H26N2O2/c1-11(2,10(14)16)8-15-9-7-12(3,4)17-13(9,5)6/h9,15H,7-8H2,1-6H3,(H2,14,16). The van der Waals surface area contributed by atoms with Gasteiger partial charge in [-0.15, -0.1) is 0 Å². The lowest BCUT2D eigenvalue weighted by Gasteiger charge is -2.30. The number of carbonyl (C=O) groups excluding carboxylic acids is 1. The Morgan fingerprint density at radius 1 is 1.41 bits per heavy atom. The highest BCUT2D eigenvalue weighted by Gasteiger charge is 2.46. The van der Waals surface area contributed by atoms with Crippen LogP contribution >= 0.6 is 0 Å². The van der Waals surface area contributed by atoms with E-state index >= 15 is 0 Å². The van der Waals surface area contributed by atoms with E-state index in [1.807, 2.05) is 13.8 Å². The number of hydrogen-bond donors (Lipinski definition) is 2. The second-order valence-corrected chi connectivity index (χ2v) is 6.85. The third-order valence-corrected chi connectivity index (χ3v) is 3.53. The summed E-state index contributed by atoms with van der Waals surface area (Å²) >= 11 is 0. The van der Waals surface area contributed by atoms with Gasteiger partial charge in [0.05, 0.1) is 16.6 Å². The van der Waals surface area contributed by atoms with Gasteiger partial charge in [-0.25, -0.2) is 0 Å². The molecule has 17 heavy (non-hydrogen) atoms. The number of ether oxygens (including phenoxy) is 1. The average Bonchev–Trinajstić information content (AvgIpc) is 2.30. The summed E-state index contributed by atoms with van der Waals surface area (Å²) < 4.78 is 6.00. The van der Waals surface area contributed by atoms with E-state index in [1.165, 1.54) is 0 Å². The lowest BCUT2D eigenvalue weighted by atomic mass is 9.89. The number of primary amides is 1. The van der Waals surface area contributed by atoms with Gasteiger partial charge in [-0.2, -0.15) is 0 Å². The molecule has 4 heteroatoms. The van der Waals surface area contributed by atoms with Gasteiger partial charge in [-0.05, 0) is 48.0 Å². The maximum absolute atomic E-state index is 11.3. The topological polar surface area (TPSA) is 64.3 Å². The molecule has 0 aromatic carbocycles. The van der Waals surface area contributed by atoms with Gasteiger partial charge in [-0.1, -0.05) is 0 Å². The molecule has 3 N–H and O–H groups in total. The SMILES string of the molecule is CC1(C)CC(NCC(C)(C)C(N)=O)C(C)(C)O1. The van der Waals surface area contributed by atoms with E-state index in [0.29, 0.717) is 6.54 Å². The predicted molar refractivity (Wildman–Crippen MR) is 68.6 cm³/mol. The van der Waals surface area contributed by atoms with E-state index < -0.39 is 5.41 Å². The molecule has 0 radical (unpaired) electrons. The fraction of sp³-hybridized carbons (Fsp3) is 0.923. The van der Waals surface area contributed by atoms with E-state index in [2.05, 4.69) is 33.0 Å². The summed E-state index contributed by atoms with van der Waals surface area (Å²) in [7, 11) is 0. The number of carbonyl (C=O) groups is 1. The molecule has 0 saturated carbocycles. The van der Waals surface area contributed by atoms with E-state index in [0.717, 1.165) is 6.42 Å². The Morgan fingerprint density at radius 3 is 2.29 bits per heavy atom. The third kappa shape index (κ3) is 3.42. The van der Waals surface area contributed by atoms with Gasteiger partial charge < -0.3 is 15.8 Å². The molecule has 1 aliphatic heterocycles. The monoisotopic (exact) mass is 242 g/mol. The molecular weight excluding hydrogens is 216 g/mol. The Morgan fingerprint density at radius 2 is 1.94 bits per heavy atom. The van der Waals surface area contributed by atoms with Crippen molar-refractivity contribution in [1.82, 2.24) is 5.32 Å². The van der Waals surface area contributed by atoms with Crippen LogP contribution < -0.4 is 11.1 Å². The summed E-state index contributed by atoms with van der Waals surface area (Å²) in [5.74, 6) is -0.277. The van der Waals surface area contributed by atoms with Gasteiger partial charge in [0.25, 0.3) is 0 Å². The number of nitrogens with two attached hydrogens (primary N) is 1. The molecule has 1 heterocycles. The van der Waals surface area contributed by atoms with Crippen molar-refractivity contribution < 1.29 is 9.53 Å². The number of rotatable bonds is 4. The van der Waals surface area contributed by atoms with Crippen molar-refractivity contribution in [3.05, 3.63) is 0 Å². The van der Waals surface area contributed by atoms with Crippen LogP contribution in [0.1, 0.15) is 48.0 Å². The summed E-state index contributed by atoms with van der Waals surface area (Å²) in [6, 6.07) is 0.246. The number of amides is 1. The van der Waals surface area contributed by atoms with Crippen LogP contribution in [0.25, 0.3) is 0 Å². The molecule has 1 unspecified atom stereocenters. The Hall–Kier alpha value is -0.610. The van der Waals surface area contributed by atoms with Crippen molar-refractivity contribution in [2.24, 2.45) is 11.1 Å². The largest absolute Gasteiger partial charge is 0.369 e. The molecule has 0 bridgehead atoms. The molecule has 0 aliphatic carbocycles. The molecular formula is C13H26N2O2. The van der Waals surface area contributed by atoms with Crippen molar-refractivity contribution in [2.45, 2.75) is 65.2 Å². The summed E-state index contributed by atoms with van der Waals surface area (Å²) in [5, 5.41) is 3.42. The number of nitrogens with one attached hydrogen (secondary N) is 1. The Labute approximate surface area is 104 Å². The van der Waals surface area contributed by atoms with Crippen molar-refractivity contribution in [2.75, 3.05) is 6.54 Å². The first-order chi connectivity index (χ1) is 7.46. The third-order valence-electron chi connectivity index (χ3n) is 3.53. The fourth-order valence-electron chi connectivity index (χ4n) is 2.35. The van der Waals surface area contributed by atoms with E-state index in [4.69, 9.17) is 10.5 Å². The second kappa shape index (κ2) is 4.25. The van der Waals surface area contributed by atoms with Crippen LogP contribution in [0.5, 0.6) is 0 Å². The summed E-state index contributed by atoms with van der Waals surface area (Å²) in [6.07, 6.45) is 0.939. The minimum absolute atomic E-state index is 0.113. The van der Waals surface area contributed by atoms with Gasteiger partial charge in [0.1, 0.15) is 0 Å². The lowest BCUT2D eigenvalue weighted by Crippen LogP contribution is -2.49. The molecule has 1 amide bonds. The first-order valence-corrected chi connectivity index (χ1v) is 6.20. The van der Waals surface area contributed by atoms with Crippen LogP contribution in [0.2, 0.25) is 0 Å². The smallest absolute Gasteiger partial charge is 0.224 e. The molecule has 1 atom stereocenters. The van der Waals surface area contributed by atoms with Crippen molar-refractivity contribution >= 4 is 5.91 Å². The highest BCUT2D eigenvalue weighted by molar-refractivity contribution is 5.80. The summed E-state index contributed by atoms with van der Waals surface area (Å²) in [6.45, 7) is 12.6. The summed E-state index contributed by atoms with van der Waals surface area (Å²) in [5.41, 5.74) is 4.52. The van der Waals surface area contributed by atoms with Crippen LogP contribution in [0.4, 0.5) is 0 Å². The molecule has 0 aromatic heterocycles. The Bertz CT molecular complexity index is 309. The first-order valence-electron chi connectivity index (χ1n) is 6.20. The fourth-order valence-corrected chi connectivity index (χ4v) is 2.35. The molecule has 0 spiro atoms. The van der Waals surface area contributed by atoms with E-state index in [1.54, 1.807) is 0 Å². The van der Waals surface area contributed by atoms with Crippen molar-refractivity contribution in [3.8, 4) is 0 Å². The highest BCUT2D eigenvalue weighted by Crippen LogP contribution is 2.37. The van der Waals surface area contributed by atoms with Crippen LogP contribution in [0.15, 0.2) is 0 Å². The zero-order valence-electron chi connectivity index (χ0n) is 11.9. The van der Waals surface area contributed by atoms with Gasteiger partial charge in [0.2, 0.25) is 5.91 Å².